The van der Waals surface area contributed by atoms with Gasteiger partial charge in [-0.2, -0.15) is 9.36 Å². The van der Waals surface area contributed by atoms with Gasteiger partial charge in [0.15, 0.2) is 5.60 Å². The summed E-state index contributed by atoms with van der Waals surface area (Å²) in [5.41, 5.74) is 0.852. The van der Waals surface area contributed by atoms with Gasteiger partial charge in [-0.15, -0.1) is 11.8 Å². The molecular formula is C24H30N4O5S. The average molecular weight is 487 g/mol. The van der Waals surface area contributed by atoms with Gasteiger partial charge in [-0.25, -0.2) is 9.59 Å². The van der Waals surface area contributed by atoms with Crippen molar-refractivity contribution in [3.63, 3.8) is 0 Å². The summed E-state index contributed by atoms with van der Waals surface area (Å²) in [5.74, 6) is 0.814. The number of hydrogen-bond donors (Lipinski definition) is 0. The van der Waals surface area contributed by atoms with Gasteiger partial charge < -0.3 is 14.2 Å². The molecule has 0 aliphatic carbocycles. The Kier molecular flexibility index (Phi) is 8.03. The normalized spacial score (nSPS) is 11.4. The molecule has 34 heavy (non-hydrogen) atoms. The number of nitrogens with zero attached hydrogens (tertiary/aromatic N) is 4. The van der Waals surface area contributed by atoms with E-state index in [4.69, 9.17) is 14.2 Å². The summed E-state index contributed by atoms with van der Waals surface area (Å²) >= 11 is 1.63. The Morgan fingerprint density at radius 2 is 1.74 bits per heavy atom. The molecule has 0 fully saturated rings. The Hall–Kier alpha value is -3.27. The number of hydrogen-bond acceptors (Lipinski definition) is 8. The first-order valence-corrected chi connectivity index (χ1v) is 12.2. The van der Waals surface area contributed by atoms with E-state index >= 15 is 0 Å². The SMILES string of the molecule is CCOC(=O)C(C)(C)Oc1c(C)cc(OCCn2nnn(-c3ccc(SC)cc3)c2=O)cc1C. The quantitative estimate of drug-likeness (QED) is 0.317. The van der Waals surface area contributed by atoms with Crippen LogP contribution >= 0.6 is 11.8 Å². The standard InChI is InChI=1S/C24H30N4O5S/c1-7-31-22(29)24(4,5)33-21-16(2)14-19(15-17(21)3)32-13-12-27-23(30)28(26-25-27)18-8-10-20(34-6)11-9-18/h8-11,14-15H,7,12-13H2,1-6H3. The lowest BCUT2D eigenvalue weighted by Crippen LogP contribution is -2.40. The monoisotopic (exact) mass is 486 g/mol. The minimum Gasteiger partial charge on any atom is -0.492 e. The second-order valence-electron chi connectivity index (χ2n) is 8.16. The molecule has 9 nitrogen and oxygen atoms in total. The van der Waals surface area contributed by atoms with Crippen LogP contribution in [0.25, 0.3) is 5.69 Å². The lowest BCUT2D eigenvalue weighted by atomic mass is 10.1. The summed E-state index contributed by atoms with van der Waals surface area (Å²) in [6, 6.07) is 11.2. The third-order valence-corrected chi connectivity index (χ3v) is 5.83. The van der Waals surface area contributed by atoms with Gasteiger partial charge in [-0.1, -0.05) is 0 Å². The maximum absolute atomic E-state index is 12.6. The number of tetrazole rings is 1. The van der Waals surface area contributed by atoms with Crippen LogP contribution in [0.2, 0.25) is 0 Å². The number of carbonyl (C=O) groups is 1. The molecule has 0 aliphatic heterocycles. The predicted octanol–water partition coefficient (Wildman–Crippen LogP) is 3.57. The highest BCUT2D eigenvalue weighted by atomic mass is 32.2. The van der Waals surface area contributed by atoms with E-state index in [1.165, 1.54) is 9.36 Å². The van der Waals surface area contributed by atoms with Gasteiger partial charge in [0.1, 0.15) is 18.1 Å². The van der Waals surface area contributed by atoms with Crippen LogP contribution in [0.4, 0.5) is 0 Å². The predicted molar refractivity (Wildman–Crippen MR) is 130 cm³/mol. The first kappa shape index (κ1) is 25.4. The van der Waals surface area contributed by atoms with Crippen LogP contribution < -0.4 is 15.2 Å². The summed E-state index contributed by atoms with van der Waals surface area (Å²) in [6.07, 6.45) is 1.99. The molecule has 0 unspecified atom stereocenters. The maximum Gasteiger partial charge on any atom is 0.368 e. The molecule has 0 atom stereocenters. The second kappa shape index (κ2) is 10.8. The summed E-state index contributed by atoms with van der Waals surface area (Å²) in [5, 5.41) is 7.92. The molecule has 2 aromatic carbocycles. The topological polar surface area (TPSA) is 97.5 Å². The lowest BCUT2D eigenvalue weighted by molar-refractivity contribution is -0.158. The summed E-state index contributed by atoms with van der Waals surface area (Å²) in [7, 11) is 0. The molecule has 1 aromatic heterocycles. The van der Waals surface area contributed by atoms with E-state index in [-0.39, 0.29) is 25.4 Å². The van der Waals surface area contributed by atoms with E-state index in [0.29, 0.717) is 17.2 Å². The molecule has 0 N–H and O–H groups in total. The van der Waals surface area contributed by atoms with Crippen molar-refractivity contribution >= 4 is 17.7 Å². The van der Waals surface area contributed by atoms with E-state index in [1.54, 1.807) is 32.5 Å². The molecule has 0 amide bonds. The molecule has 182 valence electrons. The number of carbonyl (C=O) groups excluding carboxylic acids is 1. The molecular weight excluding hydrogens is 456 g/mol. The number of aromatic nitrogens is 4. The highest BCUT2D eigenvalue weighted by Gasteiger charge is 2.32. The lowest BCUT2D eigenvalue weighted by Gasteiger charge is -2.26. The molecule has 0 aliphatic rings. The van der Waals surface area contributed by atoms with Gasteiger partial charge in [-0.05, 0) is 98.8 Å². The van der Waals surface area contributed by atoms with E-state index < -0.39 is 11.6 Å². The molecule has 0 saturated carbocycles. The van der Waals surface area contributed by atoms with E-state index in [9.17, 15) is 9.59 Å². The van der Waals surface area contributed by atoms with Crippen LogP contribution in [0, 0.1) is 13.8 Å². The Labute approximate surface area is 203 Å². The van der Waals surface area contributed by atoms with Crippen molar-refractivity contribution in [3.05, 3.63) is 58.0 Å². The van der Waals surface area contributed by atoms with Crippen LogP contribution in [0.3, 0.4) is 0 Å². The first-order valence-electron chi connectivity index (χ1n) is 10.9. The fourth-order valence-corrected chi connectivity index (χ4v) is 3.71. The van der Waals surface area contributed by atoms with E-state index in [1.807, 2.05) is 56.5 Å². The summed E-state index contributed by atoms with van der Waals surface area (Å²) in [4.78, 5) is 25.9. The van der Waals surface area contributed by atoms with Crippen molar-refractivity contribution < 1.29 is 19.0 Å². The molecule has 0 saturated heterocycles. The second-order valence-corrected chi connectivity index (χ2v) is 9.04. The number of esters is 1. The minimum absolute atomic E-state index is 0.234. The van der Waals surface area contributed by atoms with Gasteiger partial charge >= 0.3 is 11.7 Å². The molecule has 3 aromatic rings. The third kappa shape index (κ3) is 5.80. The van der Waals surface area contributed by atoms with E-state index in [0.717, 1.165) is 16.0 Å². The number of ether oxygens (including phenoxy) is 3. The highest BCUT2D eigenvalue weighted by molar-refractivity contribution is 7.98. The molecule has 0 spiro atoms. The number of benzene rings is 2. The number of aryl methyl sites for hydroxylation is 2. The Bertz CT molecular complexity index is 1180. The molecule has 10 heteroatoms. The average Bonchev–Trinajstić information content (AvgIpc) is 3.17. The fraction of sp³-hybridized carbons (Fsp3) is 0.417. The van der Waals surface area contributed by atoms with Crippen molar-refractivity contribution in [1.29, 1.82) is 0 Å². The Balaban J connectivity index is 1.65. The first-order chi connectivity index (χ1) is 16.2. The number of thioether (sulfide) groups is 1. The minimum atomic E-state index is -1.11. The summed E-state index contributed by atoms with van der Waals surface area (Å²) in [6.45, 7) is 9.65. The number of rotatable bonds is 10. The van der Waals surface area contributed by atoms with Crippen molar-refractivity contribution in [2.24, 2.45) is 0 Å². The molecule has 0 bridgehead atoms. The van der Waals surface area contributed by atoms with Crippen LogP contribution in [0.1, 0.15) is 31.9 Å². The molecule has 3 rings (SSSR count). The smallest absolute Gasteiger partial charge is 0.368 e. The fourth-order valence-electron chi connectivity index (χ4n) is 3.31. The molecule has 0 radical (unpaired) electrons. The Morgan fingerprint density at radius 1 is 1.09 bits per heavy atom. The van der Waals surface area contributed by atoms with E-state index in [2.05, 4.69) is 10.4 Å². The van der Waals surface area contributed by atoms with Crippen molar-refractivity contribution in [3.8, 4) is 17.2 Å². The van der Waals surface area contributed by atoms with Gasteiger partial charge in [-0.3, -0.25) is 0 Å². The highest BCUT2D eigenvalue weighted by Crippen LogP contribution is 2.31. The van der Waals surface area contributed by atoms with Crippen LogP contribution in [-0.2, 0) is 16.1 Å². The van der Waals surface area contributed by atoms with Gasteiger partial charge in [0.05, 0.1) is 18.8 Å². The third-order valence-electron chi connectivity index (χ3n) is 5.09. The van der Waals surface area contributed by atoms with Crippen LogP contribution in [0.5, 0.6) is 11.5 Å². The summed E-state index contributed by atoms with van der Waals surface area (Å²) < 4.78 is 19.5. The zero-order valence-corrected chi connectivity index (χ0v) is 21.1. The van der Waals surface area contributed by atoms with Crippen LogP contribution in [0.15, 0.2) is 46.1 Å². The van der Waals surface area contributed by atoms with Gasteiger partial charge in [0, 0.05) is 4.90 Å². The van der Waals surface area contributed by atoms with Crippen LogP contribution in [-0.4, -0.2) is 50.8 Å². The van der Waals surface area contributed by atoms with Crippen molar-refractivity contribution in [2.75, 3.05) is 19.5 Å². The van der Waals surface area contributed by atoms with Gasteiger partial charge in [0.25, 0.3) is 0 Å². The van der Waals surface area contributed by atoms with Gasteiger partial charge in [0.2, 0.25) is 0 Å². The zero-order valence-electron chi connectivity index (χ0n) is 20.3. The zero-order chi connectivity index (χ0) is 24.9. The maximum atomic E-state index is 12.6. The van der Waals surface area contributed by atoms with Crippen molar-refractivity contribution in [2.45, 2.75) is 51.7 Å². The van der Waals surface area contributed by atoms with Crippen molar-refractivity contribution in [1.82, 2.24) is 19.8 Å². The largest absolute Gasteiger partial charge is 0.492 e. The molecule has 1 heterocycles. The Morgan fingerprint density at radius 3 is 2.32 bits per heavy atom.